The molecule has 0 saturated carbocycles. The molecule has 2 heterocycles. The predicted molar refractivity (Wildman–Crippen MR) is 59.2 cm³/mol. The molecule has 0 aliphatic carbocycles. The monoisotopic (exact) mass is 197 g/mol. The molecule has 82 valence electrons. The minimum Gasteiger partial charge on any atom is -0.346 e. The van der Waals surface area contributed by atoms with Crippen molar-refractivity contribution in [2.24, 2.45) is 11.8 Å². The van der Waals surface area contributed by atoms with Crippen molar-refractivity contribution >= 4 is 0 Å². The van der Waals surface area contributed by atoms with Gasteiger partial charge in [-0.1, -0.05) is 13.3 Å². The third-order valence-corrected chi connectivity index (χ3v) is 4.08. The van der Waals surface area contributed by atoms with Gasteiger partial charge in [-0.25, -0.2) is 0 Å². The summed E-state index contributed by atoms with van der Waals surface area (Å²) in [7, 11) is 0. The molecular formula is C12H25N2+. The van der Waals surface area contributed by atoms with Crippen LogP contribution in [-0.4, -0.2) is 37.6 Å². The van der Waals surface area contributed by atoms with Crippen LogP contribution in [-0.2, 0) is 0 Å². The Kier molecular flexibility index (Phi) is 3.82. The minimum absolute atomic E-state index is 0.994. The van der Waals surface area contributed by atoms with Crippen LogP contribution in [0, 0.1) is 11.8 Å². The Hall–Kier alpha value is -0.0800. The molecule has 2 nitrogen and oxygen atoms in total. The summed E-state index contributed by atoms with van der Waals surface area (Å²) in [6, 6.07) is 0. The molecule has 2 rings (SSSR count). The number of rotatable bonds is 3. The summed E-state index contributed by atoms with van der Waals surface area (Å²) in [5.74, 6) is 2.02. The third-order valence-electron chi connectivity index (χ3n) is 4.08. The Labute approximate surface area is 88.1 Å². The molecule has 2 aliphatic rings. The number of likely N-dealkylation sites (tertiary alicyclic amines) is 1. The van der Waals surface area contributed by atoms with Crippen LogP contribution in [0.25, 0.3) is 0 Å². The molecule has 0 aromatic rings. The van der Waals surface area contributed by atoms with E-state index in [-0.39, 0.29) is 0 Å². The lowest BCUT2D eigenvalue weighted by Crippen LogP contribution is -2.81. The largest absolute Gasteiger partial charge is 0.346 e. The summed E-state index contributed by atoms with van der Waals surface area (Å²) in [6.07, 6.45) is 5.75. The van der Waals surface area contributed by atoms with Gasteiger partial charge in [0.25, 0.3) is 0 Å². The van der Waals surface area contributed by atoms with E-state index in [1.807, 2.05) is 0 Å². The van der Waals surface area contributed by atoms with Crippen LogP contribution >= 0.6 is 0 Å². The Bertz CT molecular complexity index is 156. The first-order valence-electron chi connectivity index (χ1n) is 6.42. The summed E-state index contributed by atoms with van der Waals surface area (Å²) >= 11 is 0. The number of nitrogens with zero attached hydrogens (tertiary/aromatic N) is 1. The van der Waals surface area contributed by atoms with Gasteiger partial charge in [-0.3, -0.25) is 0 Å². The maximum Gasteiger partial charge on any atom is 0.0798 e. The third kappa shape index (κ3) is 2.71. The SMILES string of the molecule is CCC1CCN(C[C@@H]2CC[NH2+]C2)CC1. The van der Waals surface area contributed by atoms with Crippen LogP contribution in [0.2, 0.25) is 0 Å². The smallest absolute Gasteiger partial charge is 0.0798 e. The van der Waals surface area contributed by atoms with Crippen molar-refractivity contribution in [3.05, 3.63) is 0 Å². The zero-order chi connectivity index (χ0) is 9.80. The molecule has 2 aliphatic heterocycles. The lowest BCUT2D eigenvalue weighted by atomic mass is 9.94. The van der Waals surface area contributed by atoms with Gasteiger partial charge in [0.2, 0.25) is 0 Å². The minimum atomic E-state index is 0.994. The van der Waals surface area contributed by atoms with E-state index in [1.165, 1.54) is 58.4 Å². The molecular weight excluding hydrogens is 172 g/mol. The average molecular weight is 197 g/mol. The summed E-state index contributed by atoms with van der Waals surface area (Å²) in [5.41, 5.74) is 0. The highest BCUT2D eigenvalue weighted by molar-refractivity contribution is 4.74. The Morgan fingerprint density at radius 2 is 1.93 bits per heavy atom. The van der Waals surface area contributed by atoms with Gasteiger partial charge in [-0.2, -0.15) is 0 Å². The van der Waals surface area contributed by atoms with Crippen molar-refractivity contribution in [1.82, 2.24) is 4.90 Å². The van der Waals surface area contributed by atoms with Crippen molar-refractivity contribution in [2.45, 2.75) is 32.6 Å². The van der Waals surface area contributed by atoms with Crippen LogP contribution in [0.1, 0.15) is 32.6 Å². The zero-order valence-electron chi connectivity index (χ0n) is 9.54. The van der Waals surface area contributed by atoms with Crippen molar-refractivity contribution in [1.29, 1.82) is 0 Å². The van der Waals surface area contributed by atoms with Gasteiger partial charge < -0.3 is 10.2 Å². The van der Waals surface area contributed by atoms with Crippen molar-refractivity contribution in [3.8, 4) is 0 Å². The molecule has 0 radical (unpaired) electrons. The van der Waals surface area contributed by atoms with Crippen LogP contribution < -0.4 is 5.32 Å². The Morgan fingerprint density at radius 1 is 1.14 bits per heavy atom. The molecule has 0 unspecified atom stereocenters. The first-order valence-corrected chi connectivity index (χ1v) is 6.42. The van der Waals surface area contributed by atoms with Crippen LogP contribution in [0.5, 0.6) is 0 Å². The van der Waals surface area contributed by atoms with Crippen molar-refractivity contribution in [2.75, 3.05) is 32.7 Å². The molecule has 0 bridgehead atoms. The predicted octanol–water partition coefficient (Wildman–Crippen LogP) is 0.692. The second-order valence-electron chi connectivity index (χ2n) is 5.12. The van der Waals surface area contributed by atoms with E-state index in [2.05, 4.69) is 17.1 Å². The second kappa shape index (κ2) is 5.13. The summed E-state index contributed by atoms with van der Waals surface area (Å²) < 4.78 is 0. The molecule has 0 aromatic heterocycles. The molecule has 0 aromatic carbocycles. The molecule has 2 saturated heterocycles. The molecule has 0 spiro atoms. The van der Waals surface area contributed by atoms with Crippen LogP contribution in [0.3, 0.4) is 0 Å². The average Bonchev–Trinajstić information content (AvgIpc) is 2.72. The van der Waals surface area contributed by atoms with Gasteiger partial charge >= 0.3 is 0 Å². The number of hydrogen-bond acceptors (Lipinski definition) is 1. The van der Waals surface area contributed by atoms with E-state index in [4.69, 9.17) is 0 Å². The van der Waals surface area contributed by atoms with Crippen LogP contribution in [0.4, 0.5) is 0 Å². The second-order valence-corrected chi connectivity index (χ2v) is 5.12. The molecule has 2 heteroatoms. The first kappa shape index (κ1) is 10.4. The first-order chi connectivity index (χ1) is 6.88. The van der Waals surface area contributed by atoms with Gasteiger partial charge in [0.1, 0.15) is 0 Å². The van der Waals surface area contributed by atoms with Crippen molar-refractivity contribution < 1.29 is 5.32 Å². The molecule has 1 atom stereocenters. The van der Waals surface area contributed by atoms with Crippen molar-refractivity contribution in [3.63, 3.8) is 0 Å². The summed E-state index contributed by atoms with van der Waals surface area (Å²) in [5, 5.41) is 2.48. The fourth-order valence-corrected chi connectivity index (χ4v) is 2.93. The van der Waals surface area contributed by atoms with E-state index in [0.717, 1.165) is 11.8 Å². The molecule has 0 amide bonds. The maximum atomic E-state index is 2.70. The fraction of sp³-hybridized carbons (Fsp3) is 1.00. The summed E-state index contributed by atoms with van der Waals surface area (Å²) in [4.78, 5) is 2.70. The summed E-state index contributed by atoms with van der Waals surface area (Å²) in [6.45, 7) is 9.22. The standard InChI is InChI=1S/C12H24N2/c1-2-11-4-7-14(8-5-11)10-12-3-6-13-9-12/h11-13H,2-10H2,1H3/p+1/t12-/m1/s1. The number of piperidine rings is 1. The van der Waals surface area contributed by atoms with E-state index < -0.39 is 0 Å². The highest BCUT2D eigenvalue weighted by Crippen LogP contribution is 2.21. The highest BCUT2D eigenvalue weighted by Gasteiger charge is 2.24. The Morgan fingerprint density at radius 3 is 2.50 bits per heavy atom. The topological polar surface area (TPSA) is 19.9 Å². The normalized spacial score (nSPS) is 31.1. The van der Waals surface area contributed by atoms with Gasteiger partial charge in [0.15, 0.2) is 0 Å². The van der Waals surface area contributed by atoms with Gasteiger partial charge in [-0.15, -0.1) is 0 Å². The number of quaternary nitrogens is 1. The van der Waals surface area contributed by atoms with E-state index in [0.29, 0.717) is 0 Å². The molecule has 2 fully saturated rings. The maximum absolute atomic E-state index is 2.70. The lowest BCUT2D eigenvalue weighted by molar-refractivity contribution is -0.638. The van der Waals surface area contributed by atoms with Gasteiger partial charge in [0, 0.05) is 18.9 Å². The van der Waals surface area contributed by atoms with Gasteiger partial charge in [-0.05, 0) is 31.8 Å². The number of hydrogen-bond donors (Lipinski definition) is 1. The molecule has 14 heavy (non-hydrogen) atoms. The van der Waals surface area contributed by atoms with E-state index in [1.54, 1.807) is 0 Å². The lowest BCUT2D eigenvalue weighted by Gasteiger charge is -2.32. The van der Waals surface area contributed by atoms with E-state index in [9.17, 15) is 0 Å². The molecule has 2 N–H and O–H groups in total. The van der Waals surface area contributed by atoms with E-state index >= 15 is 0 Å². The Balaban J connectivity index is 1.67. The zero-order valence-corrected chi connectivity index (χ0v) is 9.54. The highest BCUT2D eigenvalue weighted by atomic mass is 15.1. The fourth-order valence-electron chi connectivity index (χ4n) is 2.93. The van der Waals surface area contributed by atoms with Crippen LogP contribution in [0.15, 0.2) is 0 Å². The quantitative estimate of drug-likeness (QED) is 0.706. The number of nitrogens with two attached hydrogens (primary N) is 1. The van der Waals surface area contributed by atoms with Gasteiger partial charge in [0.05, 0.1) is 13.1 Å².